The Morgan fingerprint density at radius 3 is 2.45 bits per heavy atom. The van der Waals surface area contributed by atoms with Crippen LogP contribution in [-0.4, -0.2) is 18.6 Å². The molecule has 120 valence electrons. The molecule has 3 atom stereocenters. The maximum atomic E-state index is 12.5. The molecule has 2 aliphatic carbocycles. The van der Waals surface area contributed by atoms with Gasteiger partial charge in [-0.25, -0.2) is 0 Å². The van der Waals surface area contributed by atoms with Crippen LogP contribution >= 0.6 is 0 Å². The summed E-state index contributed by atoms with van der Waals surface area (Å²) in [6.07, 6.45) is 3.64. The van der Waals surface area contributed by atoms with E-state index in [1.807, 2.05) is 31.2 Å². The van der Waals surface area contributed by atoms with Crippen molar-refractivity contribution < 1.29 is 9.53 Å². The number of benzene rings is 1. The van der Waals surface area contributed by atoms with Gasteiger partial charge in [0, 0.05) is 11.6 Å². The van der Waals surface area contributed by atoms with Crippen molar-refractivity contribution >= 4 is 5.91 Å². The smallest absolute Gasteiger partial charge is 0.251 e. The van der Waals surface area contributed by atoms with E-state index in [-0.39, 0.29) is 11.3 Å². The monoisotopic (exact) mass is 301 g/mol. The standard InChI is InChI=1S/C19H27NO2/c1-5-22-15-8-6-13(7-9-15)17(21)20-16-12-14-10-11-19(16,4)18(14,2)3/h6-9,14,16H,5,10-12H2,1-4H3,(H,20,21)/t14-,16+,19+/m1/s1. The Kier molecular flexibility index (Phi) is 3.70. The number of ether oxygens (including phenoxy) is 1. The molecule has 3 rings (SSSR count). The van der Waals surface area contributed by atoms with Crippen LogP contribution in [0.1, 0.15) is 57.3 Å². The number of carbonyl (C=O) groups is 1. The highest BCUT2D eigenvalue weighted by atomic mass is 16.5. The maximum Gasteiger partial charge on any atom is 0.251 e. The van der Waals surface area contributed by atoms with E-state index in [1.54, 1.807) is 0 Å². The number of carbonyl (C=O) groups excluding carboxylic acids is 1. The SMILES string of the molecule is CCOc1ccc(C(=O)N[C@H]2C[C@H]3CC[C@]2(C)C3(C)C)cc1. The third kappa shape index (κ3) is 2.22. The number of amides is 1. The van der Waals surface area contributed by atoms with Gasteiger partial charge in [-0.1, -0.05) is 20.8 Å². The van der Waals surface area contributed by atoms with Crippen LogP contribution in [0, 0.1) is 16.7 Å². The van der Waals surface area contributed by atoms with Crippen LogP contribution in [0.4, 0.5) is 0 Å². The molecule has 1 aromatic carbocycles. The van der Waals surface area contributed by atoms with Crippen molar-refractivity contribution in [1.82, 2.24) is 5.32 Å². The van der Waals surface area contributed by atoms with Gasteiger partial charge >= 0.3 is 0 Å². The van der Waals surface area contributed by atoms with E-state index in [0.29, 0.717) is 23.6 Å². The molecular formula is C19H27NO2. The minimum absolute atomic E-state index is 0.0395. The van der Waals surface area contributed by atoms with E-state index in [2.05, 4.69) is 26.1 Å². The predicted octanol–water partition coefficient (Wildman–Crippen LogP) is 4.03. The third-order valence-electron chi connectivity index (χ3n) is 6.53. The Morgan fingerprint density at radius 2 is 1.95 bits per heavy atom. The zero-order valence-corrected chi connectivity index (χ0v) is 14.1. The fourth-order valence-electron chi connectivity index (χ4n) is 4.53. The van der Waals surface area contributed by atoms with Crippen LogP contribution in [0.3, 0.4) is 0 Å². The first-order valence-corrected chi connectivity index (χ1v) is 8.42. The summed E-state index contributed by atoms with van der Waals surface area (Å²) < 4.78 is 5.43. The average Bonchev–Trinajstić information content (AvgIpc) is 2.81. The number of hydrogen-bond donors (Lipinski definition) is 1. The summed E-state index contributed by atoms with van der Waals surface area (Å²) in [5.41, 5.74) is 1.26. The third-order valence-corrected chi connectivity index (χ3v) is 6.53. The van der Waals surface area contributed by atoms with E-state index < -0.39 is 0 Å². The Balaban J connectivity index is 1.70. The first-order valence-electron chi connectivity index (χ1n) is 8.42. The van der Waals surface area contributed by atoms with E-state index in [9.17, 15) is 4.79 Å². The molecule has 0 saturated heterocycles. The number of fused-ring (bicyclic) bond motifs is 2. The highest BCUT2D eigenvalue weighted by Crippen LogP contribution is 2.65. The molecule has 2 saturated carbocycles. The van der Waals surface area contributed by atoms with Gasteiger partial charge in [-0.2, -0.15) is 0 Å². The molecule has 2 aliphatic rings. The molecular weight excluding hydrogens is 274 g/mol. The second-order valence-corrected chi connectivity index (χ2v) is 7.59. The normalized spacial score (nSPS) is 32.0. The van der Waals surface area contributed by atoms with Crippen LogP contribution < -0.4 is 10.1 Å². The van der Waals surface area contributed by atoms with Crippen LogP contribution in [0.15, 0.2) is 24.3 Å². The lowest BCUT2D eigenvalue weighted by Gasteiger charge is -2.39. The van der Waals surface area contributed by atoms with Gasteiger partial charge in [0.25, 0.3) is 5.91 Å². The molecule has 0 spiro atoms. The van der Waals surface area contributed by atoms with Crippen LogP contribution in [0.2, 0.25) is 0 Å². The van der Waals surface area contributed by atoms with E-state index in [0.717, 1.165) is 18.1 Å². The van der Waals surface area contributed by atoms with E-state index >= 15 is 0 Å². The van der Waals surface area contributed by atoms with Crippen LogP contribution in [0.25, 0.3) is 0 Å². The molecule has 0 heterocycles. The average molecular weight is 301 g/mol. The summed E-state index contributed by atoms with van der Waals surface area (Å²) in [7, 11) is 0. The maximum absolute atomic E-state index is 12.5. The molecule has 0 aromatic heterocycles. The lowest BCUT2D eigenvalue weighted by Crippen LogP contribution is -2.46. The van der Waals surface area contributed by atoms with Crippen molar-refractivity contribution in [2.75, 3.05) is 6.61 Å². The fourth-order valence-corrected chi connectivity index (χ4v) is 4.53. The molecule has 22 heavy (non-hydrogen) atoms. The Hall–Kier alpha value is -1.51. The quantitative estimate of drug-likeness (QED) is 0.912. The zero-order chi connectivity index (χ0) is 16.0. The van der Waals surface area contributed by atoms with Crippen molar-refractivity contribution in [2.45, 2.75) is 53.0 Å². The molecule has 3 heteroatoms. The van der Waals surface area contributed by atoms with Gasteiger partial charge in [0.15, 0.2) is 0 Å². The zero-order valence-electron chi connectivity index (χ0n) is 14.1. The topological polar surface area (TPSA) is 38.3 Å². The molecule has 2 bridgehead atoms. The van der Waals surface area contributed by atoms with Gasteiger partial charge in [0.1, 0.15) is 5.75 Å². The lowest BCUT2D eigenvalue weighted by molar-refractivity contribution is 0.0826. The van der Waals surface area contributed by atoms with Gasteiger partial charge < -0.3 is 10.1 Å². The van der Waals surface area contributed by atoms with Crippen molar-refractivity contribution in [3.05, 3.63) is 29.8 Å². The molecule has 0 aliphatic heterocycles. The summed E-state index contributed by atoms with van der Waals surface area (Å²) in [5, 5.41) is 3.29. The van der Waals surface area contributed by atoms with Crippen molar-refractivity contribution in [3.8, 4) is 5.75 Å². The summed E-state index contributed by atoms with van der Waals surface area (Å²) in [4.78, 5) is 12.5. The first kappa shape index (κ1) is 15.4. The minimum atomic E-state index is 0.0395. The molecule has 2 fully saturated rings. The second-order valence-electron chi connectivity index (χ2n) is 7.59. The van der Waals surface area contributed by atoms with Gasteiger partial charge in [-0.3, -0.25) is 4.79 Å². The van der Waals surface area contributed by atoms with Gasteiger partial charge in [-0.15, -0.1) is 0 Å². The summed E-state index contributed by atoms with van der Waals surface area (Å²) in [6, 6.07) is 7.72. The number of nitrogens with one attached hydrogen (secondary N) is 1. The van der Waals surface area contributed by atoms with Crippen LogP contribution in [0.5, 0.6) is 5.75 Å². The summed E-state index contributed by atoms with van der Waals surface area (Å²) in [5.74, 6) is 1.59. The molecule has 0 radical (unpaired) electrons. The van der Waals surface area contributed by atoms with E-state index in [1.165, 1.54) is 12.8 Å². The second kappa shape index (κ2) is 5.29. The molecule has 1 aromatic rings. The predicted molar refractivity (Wildman–Crippen MR) is 88.1 cm³/mol. The minimum Gasteiger partial charge on any atom is -0.494 e. The highest BCUT2D eigenvalue weighted by Gasteiger charge is 2.61. The highest BCUT2D eigenvalue weighted by molar-refractivity contribution is 5.94. The fraction of sp³-hybridized carbons (Fsp3) is 0.632. The van der Waals surface area contributed by atoms with Gasteiger partial charge in [-0.05, 0) is 67.2 Å². The Bertz CT molecular complexity index is 563. The summed E-state index contributed by atoms with van der Waals surface area (Å²) in [6.45, 7) is 9.69. The lowest BCUT2D eigenvalue weighted by atomic mass is 9.69. The first-order chi connectivity index (χ1) is 10.4. The molecule has 1 amide bonds. The molecule has 3 nitrogen and oxygen atoms in total. The van der Waals surface area contributed by atoms with Crippen molar-refractivity contribution in [2.24, 2.45) is 16.7 Å². The van der Waals surface area contributed by atoms with Crippen molar-refractivity contribution in [3.63, 3.8) is 0 Å². The molecule has 1 N–H and O–H groups in total. The van der Waals surface area contributed by atoms with E-state index in [4.69, 9.17) is 4.74 Å². The Labute approximate surface area is 133 Å². The van der Waals surface area contributed by atoms with Gasteiger partial charge in [0.05, 0.1) is 6.61 Å². The Morgan fingerprint density at radius 1 is 1.27 bits per heavy atom. The summed E-state index contributed by atoms with van der Waals surface area (Å²) >= 11 is 0. The number of rotatable bonds is 4. The van der Waals surface area contributed by atoms with Crippen LogP contribution in [-0.2, 0) is 0 Å². The number of hydrogen-bond acceptors (Lipinski definition) is 2. The largest absolute Gasteiger partial charge is 0.494 e. The molecule has 0 unspecified atom stereocenters. The van der Waals surface area contributed by atoms with Crippen molar-refractivity contribution in [1.29, 1.82) is 0 Å². The van der Waals surface area contributed by atoms with Gasteiger partial charge in [0.2, 0.25) is 0 Å².